The predicted octanol–water partition coefficient (Wildman–Crippen LogP) is 3.76. The summed E-state index contributed by atoms with van der Waals surface area (Å²) in [6.07, 6.45) is 0.638. The molecule has 0 unspecified atom stereocenters. The van der Waals surface area contributed by atoms with Crippen molar-refractivity contribution in [1.82, 2.24) is 9.80 Å². The topological polar surface area (TPSA) is 23.6 Å². The zero-order valence-corrected chi connectivity index (χ0v) is 15.4. The summed E-state index contributed by atoms with van der Waals surface area (Å²) in [6, 6.07) is 12.8. The minimum absolute atomic E-state index is 0.303. The van der Waals surface area contributed by atoms with Crippen LogP contribution < -0.4 is 0 Å². The summed E-state index contributed by atoms with van der Waals surface area (Å²) in [6.45, 7) is 10.3. The number of piperazine rings is 1. The van der Waals surface area contributed by atoms with Gasteiger partial charge in [0.25, 0.3) is 0 Å². The van der Waals surface area contributed by atoms with Crippen molar-refractivity contribution in [1.29, 1.82) is 0 Å². The van der Waals surface area contributed by atoms with Crippen LogP contribution in [0.3, 0.4) is 0 Å². The van der Waals surface area contributed by atoms with Gasteiger partial charge in [-0.1, -0.05) is 30.3 Å². The van der Waals surface area contributed by atoms with Gasteiger partial charge >= 0.3 is 0 Å². The van der Waals surface area contributed by atoms with Crippen molar-refractivity contribution in [2.45, 2.75) is 26.8 Å². The van der Waals surface area contributed by atoms with Crippen LogP contribution in [0.25, 0.3) is 0 Å². The van der Waals surface area contributed by atoms with Gasteiger partial charge < -0.3 is 4.90 Å². The quantitative estimate of drug-likeness (QED) is 0.747. The first kappa shape index (κ1) is 17.3. The van der Waals surface area contributed by atoms with Crippen molar-refractivity contribution in [3.8, 4) is 0 Å². The number of carbonyl (C=O) groups is 1. The summed E-state index contributed by atoms with van der Waals surface area (Å²) >= 11 is 1.63. The lowest BCUT2D eigenvalue weighted by Gasteiger charge is -2.34. The minimum Gasteiger partial charge on any atom is -0.300 e. The van der Waals surface area contributed by atoms with E-state index in [-0.39, 0.29) is 0 Å². The molecule has 0 spiro atoms. The lowest BCUT2D eigenvalue weighted by Crippen LogP contribution is -2.46. The summed E-state index contributed by atoms with van der Waals surface area (Å²) in [4.78, 5) is 19.5. The second kappa shape index (κ2) is 8.06. The Labute approximate surface area is 148 Å². The van der Waals surface area contributed by atoms with Crippen molar-refractivity contribution in [3.05, 3.63) is 57.3 Å². The Morgan fingerprint density at radius 3 is 2.33 bits per heavy atom. The molecule has 1 saturated heterocycles. The fourth-order valence-corrected chi connectivity index (χ4v) is 4.30. The number of rotatable bonds is 6. The van der Waals surface area contributed by atoms with Crippen LogP contribution in [0.2, 0.25) is 0 Å². The van der Waals surface area contributed by atoms with E-state index in [4.69, 9.17) is 0 Å². The molecule has 0 aliphatic carbocycles. The molecule has 1 aliphatic rings. The predicted molar refractivity (Wildman–Crippen MR) is 101 cm³/mol. The summed E-state index contributed by atoms with van der Waals surface area (Å²) in [5.74, 6) is 0.303. The molecule has 1 fully saturated rings. The van der Waals surface area contributed by atoms with Crippen molar-refractivity contribution < 1.29 is 4.79 Å². The zero-order chi connectivity index (χ0) is 16.9. The Kier molecular flexibility index (Phi) is 5.82. The average Bonchev–Trinajstić information content (AvgIpc) is 2.93. The molecular weight excluding hydrogens is 316 g/mol. The second-order valence-corrected chi connectivity index (χ2v) is 7.90. The fourth-order valence-electron chi connectivity index (χ4n) is 3.30. The fraction of sp³-hybridized carbons (Fsp3) is 0.450. The molecule has 1 aromatic heterocycles. The van der Waals surface area contributed by atoms with Crippen molar-refractivity contribution in [3.63, 3.8) is 0 Å². The first-order valence-electron chi connectivity index (χ1n) is 8.70. The van der Waals surface area contributed by atoms with Gasteiger partial charge in [0.15, 0.2) is 5.78 Å². The van der Waals surface area contributed by atoms with E-state index in [1.54, 1.807) is 11.3 Å². The van der Waals surface area contributed by atoms with E-state index in [1.807, 2.05) is 6.92 Å². The molecule has 2 aromatic rings. The molecule has 0 bridgehead atoms. The Morgan fingerprint density at radius 2 is 1.71 bits per heavy atom. The van der Waals surface area contributed by atoms with E-state index in [9.17, 15) is 4.79 Å². The standard InChI is InChI=1S/C20H26N2OS/c1-16-14-17(2)24-20(16)19(23)8-9-21-10-12-22(13-11-21)15-18-6-4-3-5-7-18/h3-7,14H,8-13,15H2,1-2H3. The van der Waals surface area contributed by atoms with Gasteiger partial charge in [0.1, 0.15) is 0 Å². The zero-order valence-electron chi connectivity index (χ0n) is 14.6. The van der Waals surface area contributed by atoms with Crippen LogP contribution in [0.15, 0.2) is 36.4 Å². The number of nitrogens with zero attached hydrogens (tertiary/aromatic N) is 2. The maximum atomic E-state index is 12.4. The van der Waals surface area contributed by atoms with Crippen LogP contribution in [0, 0.1) is 13.8 Å². The van der Waals surface area contributed by atoms with Gasteiger partial charge in [-0.25, -0.2) is 0 Å². The molecule has 0 atom stereocenters. The van der Waals surface area contributed by atoms with Gasteiger partial charge in [0.05, 0.1) is 4.88 Å². The van der Waals surface area contributed by atoms with E-state index in [1.165, 1.54) is 10.4 Å². The van der Waals surface area contributed by atoms with E-state index in [2.05, 4.69) is 53.1 Å². The molecule has 128 valence electrons. The third kappa shape index (κ3) is 4.53. The van der Waals surface area contributed by atoms with Gasteiger partial charge in [-0.05, 0) is 31.0 Å². The highest BCUT2D eigenvalue weighted by molar-refractivity contribution is 7.14. The first-order valence-corrected chi connectivity index (χ1v) is 9.52. The molecule has 0 amide bonds. The van der Waals surface area contributed by atoms with E-state index in [0.717, 1.165) is 49.7 Å². The highest BCUT2D eigenvalue weighted by Gasteiger charge is 2.19. The normalized spacial score (nSPS) is 16.4. The molecule has 3 rings (SSSR count). The van der Waals surface area contributed by atoms with Crippen molar-refractivity contribution in [2.75, 3.05) is 32.7 Å². The van der Waals surface area contributed by atoms with Gasteiger partial charge in [0, 0.05) is 50.6 Å². The second-order valence-electron chi connectivity index (χ2n) is 6.65. The molecule has 4 heteroatoms. The van der Waals surface area contributed by atoms with Gasteiger partial charge in [-0.15, -0.1) is 11.3 Å². The summed E-state index contributed by atoms with van der Waals surface area (Å²) in [7, 11) is 0. The van der Waals surface area contributed by atoms with Gasteiger partial charge in [0.2, 0.25) is 0 Å². The average molecular weight is 343 g/mol. The summed E-state index contributed by atoms with van der Waals surface area (Å²) in [5.41, 5.74) is 2.51. The summed E-state index contributed by atoms with van der Waals surface area (Å²) in [5, 5.41) is 0. The van der Waals surface area contributed by atoms with E-state index >= 15 is 0 Å². The number of carbonyl (C=O) groups excluding carboxylic acids is 1. The lowest BCUT2D eigenvalue weighted by molar-refractivity contribution is 0.0926. The maximum Gasteiger partial charge on any atom is 0.174 e. The van der Waals surface area contributed by atoms with Crippen LogP contribution in [-0.2, 0) is 6.54 Å². The largest absolute Gasteiger partial charge is 0.300 e. The molecule has 2 heterocycles. The number of thiophene rings is 1. The van der Waals surface area contributed by atoms with Crippen LogP contribution >= 0.6 is 11.3 Å². The molecule has 0 saturated carbocycles. The number of Topliss-reactive ketones (excluding diaryl/α,β-unsaturated/α-hetero) is 1. The number of hydrogen-bond donors (Lipinski definition) is 0. The molecule has 24 heavy (non-hydrogen) atoms. The third-order valence-electron chi connectivity index (χ3n) is 4.66. The Balaban J connectivity index is 1.42. The number of benzene rings is 1. The van der Waals surface area contributed by atoms with Gasteiger partial charge in [-0.2, -0.15) is 0 Å². The van der Waals surface area contributed by atoms with E-state index < -0.39 is 0 Å². The highest BCUT2D eigenvalue weighted by atomic mass is 32.1. The molecule has 1 aromatic carbocycles. The molecule has 3 nitrogen and oxygen atoms in total. The summed E-state index contributed by atoms with van der Waals surface area (Å²) < 4.78 is 0. The van der Waals surface area contributed by atoms with Gasteiger partial charge in [-0.3, -0.25) is 9.69 Å². The SMILES string of the molecule is Cc1cc(C)c(C(=O)CCN2CCN(Cc3ccccc3)CC2)s1. The van der Waals surface area contributed by atoms with Crippen molar-refractivity contribution >= 4 is 17.1 Å². The van der Waals surface area contributed by atoms with Crippen LogP contribution in [0.1, 0.15) is 32.1 Å². The lowest BCUT2D eigenvalue weighted by atomic mass is 10.1. The van der Waals surface area contributed by atoms with E-state index in [0.29, 0.717) is 12.2 Å². The minimum atomic E-state index is 0.303. The van der Waals surface area contributed by atoms with Crippen molar-refractivity contribution in [2.24, 2.45) is 0 Å². The third-order valence-corrected chi connectivity index (χ3v) is 5.86. The Morgan fingerprint density at radius 1 is 1.04 bits per heavy atom. The van der Waals surface area contributed by atoms with Crippen LogP contribution in [0.5, 0.6) is 0 Å². The Bertz CT molecular complexity index is 672. The number of aryl methyl sites for hydroxylation is 2. The molecule has 0 radical (unpaired) electrons. The Hall–Kier alpha value is -1.49. The van der Waals surface area contributed by atoms with Crippen LogP contribution in [-0.4, -0.2) is 48.3 Å². The van der Waals surface area contributed by atoms with Crippen LogP contribution in [0.4, 0.5) is 0 Å². The first-order chi connectivity index (χ1) is 11.6. The molecular formula is C20H26N2OS. The number of ketones is 1. The smallest absolute Gasteiger partial charge is 0.174 e. The monoisotopic (exact) mass is 342 g/mol. The molecule has 0 N–H and O–H groups in total. The highest BCUT2D eigenvalue weighted by Crippen LogP contribution is 2.22. The maximum absolute atomic E-state index is 12.4. The molecule has 1 aliphatic heterocycles. The number of hydrogen-bond acceptors (Lipinski definition) is 4.